The molecule has 2 unspecified atom stereocenters. The molecule has 4 heteroatoms. The molecule has 0 aliphatic carbocycles. The lowest BCUT2D eigenvalue weighted by molar-refractivity contribution is -0.140. The van der Waals surface area contributed by atoms with Crippen molar-refractivity contribution in [1.29, 1.82) is 0 Å². The van der Waals surface area contributed by atoms with Crippen molar-refractivity contribution in [2.75, 3.05) is 20.1 Å². The van der Waals surface area contributed by atoms with Gasteiger partial charge in [0.25, 0.3) is 0 Å². The van der Waals surface area contributed by atoms with E-state index < -0.39 is 5.97 Å². The summed E-state index contributed by atoms with van der Waals surface area (Å²) in [4.78, 5) is 13.3. The molecule has 0 spiro atoms. The Hall–Kier alpha value is -0.610. The molecule has 0 amide bonds. The van der Waals surface area contributed by atoms with Crippen LogP contribution in [0.4, 0.5) is 0 Å². The van der Waals surface area contributed by atoms with Gasteiger partial charge in [-0.05, 0) is 32.4 Å². The topological polar surface area (TPSA) is 52.6 Å². The molecule has 1 aliphatic rings. The first kappa shape index (κ1) is 12.5. The number of carboxylic acid groups (broad SMARTS) is 1. The first-order valence-corrected chi connectivity index (χ1v) is 5.66. The van der Waals surface area contributed by atoms with Crippen molar-refractivity contribution in [1.82, 2.24) is 10.2 Å². The second kappa shape index (κ2) is 5.47. The average Bonchev–Trinajstić information content (AvgIpc) is 2.49. The Morgan fingerprint density at radius 1 is 1.60 bits per heavy atom. The summed E-state index contributed by atoms with van der Waals surface area (Å²) in [5.74, 6) is -0.309. The van der Waals surface area contributed by atoms with Crippen molar-refractivity contribution >= 4 is 5.97 Å². The standard InChI is InChI=1S/C11H22N2O2/c1-8(2)6-10(11(14)15)12-9-4-5-13(3)7-9/h8-10,12H,4-7H2,1-3H3,(H,14,15). The van der Waals surface area contributed by atoms with Crippen molar-refractivity contribution in [3.8, 4) is 0 Å². The number of carboxylic acids is 1. The molecule has 1 rings (SSSR count). The SMILES string of the molecule is CC(C)CC(NC1CCN(C)C1)C(=O)O. The van der Waals surface area contributed by atoms with Crippen molar-refractivity contribution in [3.63, 3.8) is 0 Å². The van der Waals surface area contributed by atoms with E-state index in [1.807, 2.05) is 0 Å². The van der Waals surface area contributed by atoms with Gasteiger partial charge in [0.15, 0.2) is 0 Å². The van der Waals surface area contributed by atoms with Crippen LogP contribution >= 0.6 is 0 Å². The van der Waals surface area contributed by atoms with Crippen molar-refractivity contribution in [2.45, 2.75) is 38.8 Å². The molecule has 2 N–H and O–H groups in total. The Morgan fingerprint density at radius 2 is 2.27 bits per heavy atom. The molecule has 2 atom stereocenters. The molecular formula is C11H22N2O2. The Labute approximate surface area is 91.6 Å². The fourth-order valence-corrected chi connectivity index (χ4v) is 2.07. The molecule has 0 aromatic carbocycles. The highest BCUT2D eigenvalue weighted by molar-refractivity contribution is 5.73. The maximum Gasteiger partial charge on any atom is 0.320 e. The van der Waals surface area contributed by atoms with Gasteiger partial charge in [-0.1, -0.05) is 13.8 Å². The maximum absolute atomic E-state index is 11.0. The Kier molecular flexibility index (Phi) is 4.54. The zero-order valence-corrected chi connectivity index (χ0v) is 9.86. The fourth-order valence-electron chi connectivity index (χ4n) is 2.07. The van der Waals surface area contributed by atoms with Crippen LogP contribution in [-0.2, 0) is 4.79 Å². The molecule has 1 fully saturated rings. The number of aliphatic carboxylic acids is 1. The van der Waals surface area contributed by atoms with E-state index in [9.17, 15) is 4.79 Å². The quantitative estimate of drug-likeness (QED) is 0.710. The molecule has 88 valence electrons. The van der Waals surface area contributed by atoms with Gasteiger partial charge in [-0.3, -0.25) is 4.79 Å². The molecule has 0 bridgehead atoms. The minimum absolute atomic E-state index is 0.342. The van der Waals surface area contributed by atoms with Crippen molar-refractivity contribution in [2.24, 2.45) is 5.92 Å². The van der Waals surface area contributed by atoms with E-state index >= 15 is 0 Å². The average molecular weight is 214 g/mol. The lowest BCUT2D eigenvalue weighted by Gasteiger charge is -2.21. The number of nitrogens with zero attached hydrogens (tertiary/aromatic N) is 1. The Bertz CT molecular complexity index is 219. The minimum Gasteiger partial charge on any atom is -0.480 e. The van der Waals surface area contributed by atoms with Gasteiger partial charge < -0.3 is 15.3 Å². The first-order valence-electron chi connectivity index (χ1n) is 5.66. The number of rotatable bonds is 5. The van der Waals surface area contributed by atoms with Crippen LogP contribution in [0.5, 0.6) is 0 Å². The highest BCUT2D eigenvalue weighted by atomic mass is 16.4. The Balaban J connectivity index is 2.40. The summed E-state index contributed by atoms with van der Waals surface area (Å²) in [5.41, 5.74) is 0. The van der Waals surface area contributed by atoms with Crippen LogP contribution in [0.25, 0.3) is 0 Å². The molecule has 15 heavy (non-hydrogen) atoms. The van der Waals surface area contributed by atoms with Crippen LogP contribution in [0.3, 0.4) is 0 Å². The number of likely N-dealkylation sites (tertiary alicyclic amines) is 1. The molecule has 0 saturated carbocycles. The number of likely N-dealkylation sites (N-methyl/N-ethyl adjacent to an activating group) is 1. The van der Waals surface area contributed by atoms with E-state index in [2.05, 4.69) is 31.1 Å². The van der Waals surface area contributed by atoms with E-state index in [1.165, 1.54) is 0 Å². The monoisotopic (exact) mass is 214 g/mol. The lowest BCUT2D eigenvalue weighted by Crippen LogP contribution is -2.45. The molecule has 4 nitrogen and oxygen atoms in total. The van der Waals surface area contributed by atoms with Crippen molar-refractivity contribution < 1.29 is 9.90 Å². The van der Waals surface area contributed by atoms with Gasteiger partial charge in [-0.2, -0.15) is 0 Å². The Morgan fingerprint density at radius 3 is 2.67 bits per heavy atom. The van der Waals surface area contributed by atoms with E-state index in [0.717, 1.165) is 19.5 Å². The van der Waals surface area contributed by atoms with Gasteiger partial charge in [0, 0.05) is 12.6 Å². The van der Waals surface area contributed by atoms with Crippen LogP contribution < -0.4 is 5.32 Å². The van der Waals surface area contributed by atoms with Crippen LogP contribution in [-0.4, -0.2) is 48.2 Å². The van der Waals surface area contributed by atoms with Crippen LogP contribution in [0.2, 0.25) is 0 Å². The molecule has 1 aliphatic heterocycles. The summed E-state index contributed by atoms with van der Waals surface area (Å²) < 4.78 is 0. The predicted molar refractivity (Wildman–Crippen MR) is 59.9 cm³/mol. The van der Waals surface area contributed by atoms with E-state index in [0.29, 0.717) is 18.4 Å². The van der Waals surface area contributed by atoms with Gasteiger partial charge in [0.1, 0.15) is 6.04 Å². The second-order valence-electron chi connectivity index (χ2n) is 4.93. The molecule has 1 heterocycles. The molecule has 0 radical (unpaired) electrons. The van der Waals surface area contributed by atoms with Gasteiger partial charge >= 0.3 is 5.97 Å². The summed E-state index contributed by atoms with van der Waals surface area (Å²) in [5, 5.41) is 12.3. The smallest absolute Gasteiger partial charge is 0.320 e. The summed E-state index contributed by atoms with van der Waals surface area (Å²) >= 11 is 0. The van der Waals surface area contributed by atoms with E-state index in [-0.39, 0.29) is 6.04 Å². The van der Waals surface area contributed by atoms with Gasteiger partial charge in [0.05, 0.1) is 0 Å². The zero-order valence-electron chi connectivity index (χ0n) is 9.86. The van der Waals surface area contributed by atoms with Crippen molar-refractivity contribution in [3.05, 3.63) is 0 Å². The fraction of sp³-hybridized carbons (Fsp3) is 0.909. The first-order chi connectivity index (χ1) is 6.99. The van der Waals surface area contributed by atoms with Gasteiger partial charge in [-0.15, -0.1) is 0 Å². The summed E-state index contributed by atoms with van der Waals surface area (Å²) in [6.07, 6.45) is 1.76. The molecule has 0 aromatic rings. The normalized spacial score (nSPS) is 24.7. The zero-order chi connectivity index (χ0) is 11.4. The lowest BCUT2D eigenvalue weighted by atomic mass is 10.0. The highest BCUT2D eigenvalue weighted by Gasteiger charge is 2.26. The van der Waals surface area contributed by atoms with E-state index in [4.69, 9.17) is 5.11 Å². The van der Waals surface area contributed by atoms with Crippen LogP contribution in [0.15, 0.2) is 0 Å². The number of hydrogen-bond acceptors (Lipinski definition) is 3. The molecule has 1 saturated heterocycles. The third-order valence-electron chi connectivity index (χ3n) is 2.83. The largest absolute Gasteiger partial charge is 0.480 e. The van der Waals surface area contributed by atoms with Crippen LogP contribution in [0, 0.1) is 5.92 Å². The number of carbonyl (C=O) groups is 1. The maximum atomic E-state index is 11.0. The van der Waals surface area contributed by atoms with Crippen LogP contribution in [0.1, 0.15) is 26.7 Å². The number of nitrogens with one attached hydrogen (secondary N) is 1. The summed E-state index contributed by atoms with van der Waals surface area (Å²) in [6.45, 7) is 6.13. The van der Waals surface area contributed by atoms with E-state index in [1.54, 1.807) is 0 Å². The molecular weight excluding hydrogens is 192 g/mol. The second-order valence-corrected chi connectivity index (χ2v) is 4.93. The van der Waals surface area contributed by atoms with Gasteiger partial charge in [0.2, 0.25) is 0 Å². The minimum atomic E-state index is -0.724. The molecule has 0 aromatic heterocycles. The highest BCUT2D eigenvalue weighted by Crippen LogP contribution is 2.11. The summed E-state index contributed by atoms with van der Waals surface area (Å²) in [6, 6.07) is -0.0450. The third kappa shape index (κ3) is 4.18. The predicted octanol–water partition coefficient (Wildman–Crippen LogP) is 0.779. The van der Waals surface area contributed by atoms with Gasteiger partial charge in [-0.25, -0.2) is 0 Å². The third-order valence-corrected chi connectivity index (χ3v) is 2.83. The summed E-state index contributed by atoms with van der Waals surface area (Å²) in [7, 11) is 2.07. The number of hydrogen-bond donors (Lipinski definition) is 2.